The SMILES string of the molecule is COCOc1c(-c2ccc3nc(N4CCC(N(C(=O)OC(C)(C)C)[C@H]5C[C@H](F)C5)C4)ccc3n2)cc2oc(C)nc2c1F. The van der Waals surface area contributed by atoms with Crippen molar-refractivity contribution in [1.82, 2.24) is 19.9 Å². The van der Waals surface area contributed by atoms with Crippen LogP contribution >= 0.6 is 0 Å². The highest BCUT2D eigenvalue weighted by Gasteiger charge is 2.43. The summed E-state index contributed by atoms with van der Waals surface area (Å²) in [5.41, 5.74) is 1.88. The molecule has 6 rings (SSSR count). The number of oxazole rings is 1. The van der Waals surface area contributed by atoms with Crippen molar-refractivity contribution in [3.63, 3.8) is 0 Å². The minimum atomic E-state index is -0.882. The molecule has 12 heteroatoms. The van der Waals surface area contributed by atoms with Crippen molar-refractivity contribution >= 4 is 34.0 Å². The van der Waals surface area contributed by atoms with Crippen LogP contribution in [0.4, 0.5) is 19.4 Å². The minimum Gasteiger partial charge on any atom is -0.464 e. The highest BCUT2D eigenvalue weighted by Crippen LogP contribution is 2.38. The molecule has 1 amide bonds. The van der Waals surface area contributed by atoms with Gasteiger partial charge >= 0.3 is 6.09 Å². The second-order valence-corrected chi connectivity index (χ2v) is 12.1. The smallest absolute Gasteiger partial charge is 0.410 e. The number of methoxy groups -OCH3 is 1. The van der Waals surface area contributed by atoms with E-state index < -0.39 is 23.7 Å². The van der Waals surface area contributed by atoms with E-state index in [-0.39, 0.29) is 35.7 Å². The summed E-state index contributed by atoms with van der Waals surface area (Å²) in [5, 5.41) is 0. The molecule has 228 valence electrons. The second kappa shape index (κ2) is 11.2. The van der Waals surface area contributed by atoms with E-state index in [1.54, 1.807) is 24.0 Å². The average Bonchev–Trinajstić information content (AvgIpc) is 3.57. The van der Waals surface area contributed by atoms with E-state index in [0.29, 0.717) is 54.1 Å². The summed E-state index contributed by atoms with van der Waals surface area (Å²) in [4.78, 5) is 30.7. The van der Waals surface area contributed by atoms with Crippen molar-refractivity contribution in [3.05, 3.63) is 42.0 Å². The Hall–Kier alpha value is -4.06. The third-order valence-corrected chi connectivity index (χ3v) is 7.75. The standard InChI is InChI=1S/C31H35F2N5O5/c1-17-34-28-25(42-17)14-21(29(27(28)33)41-16-40-5)22-6-7-24-23(35-22)8-9-26(36-24)37-11-10-19(15-37)38(20-12-18(32)13-20)30(39)43-31(2,3)4/h6-9,14,18-20H,10-13,15-16H2,1-5H3/t18-,19?,20-. The number of fused-ring (bicyclic) bond motifs is 2. The maximum atomic E-state index is 15.4. The monoisotopic (exact) mass is 595 g/mol. The summed E-state index contributed by atoms with van der Waals surface area (Å²) in [6.07, 6.45) is 0.117. The fraction of sp³-hybridized carbons (Fsp3) is 0.484. The number of anilines is 1. The van der Waals surface area contributed by atoms with Crippen molar-refractivity contribution < 1.29 is 32.2 Å². The molecule has 2 aliphatic rings. The van der Waals surface area contributed by atoms with Gasteiger partial charge in [0.25, 0.3) is 0 Å². The lowest BCUT2D eigenvalue weighted by Crippen LogP contribution is -2.55. The number of benzene rings is 1. The van der Waals surface area contributed by atoms with Crippen molar-refractivity contribution in [3.8, 4) is 17.0 Å². The Bertz CT molecular complexity index is 1670. The molecule has 1 saturated carbocycles. The first-order chi connectivity index (χ1) is 20.5. The van der Waals surface area contributed by atoms with Gasteiger partial charge < -0.3 is 28.4 Å². The Morgan fingerprint density at radius 3 is 2.58 bits per heavy atom. The molecule has 1 unspecified atom stereocenters. The quantitative estimate of drug-likeness (QED) is 0.232. The van der Waals surface area contributed by atoms with E-state index in [4.69, 9.17) is 28.6 Å². The topological polar surface area (TPSA) is 103 Å². The summed E-state index contributed by atoms with van der Waals surface area (Å²) in [6, 6.07) is 8.71. The van der Waals surface area contributed by atoms with Crippen molar-refractivity contribution in [2.75, 3.05) is 31.9 Å². The van der Waals surface area contributed by atoms with E-state index in [0.717, 1.165) is 12.2 Å². The highest BCUT2D eigenvalue weighted by atomic mass is 19.1. The molecule has 1 atom stereocenters. The van der Waals surface area contributed by atoms with Crippen LogP contribution in [0.2, 0.25) is 0 Å². The zero-order valence-electron chi connectivity index (χ0n) is 24.9. The fourth-order valence-electron chi connectivity index (χ4n) is 5.73. The van der Waals surface area contributed by atoms with Crippen LogP contribution < -0.4 is 9.64 Å². The summed E-state index contributed by atoms with van der Waals surface area (Å²) in [7, 11) is 1.46. The Morgan fingerprint density at radius 2 is 1.86 bits per heavy atom. The molecule has 3 aromatic heterocycles. The Morgan fingerprint density at radius 1 is 1.12 bits per heavy atom. The van der Waals surface area contributed by atoms with E-state index in [9.17, 15) is 9.18 Å². The number of halogens is 2. The fourth-order valence-corrected chi connectivity index (χ4v) is 5.73. The van der Waals surface area contributed by atoms with Gasteiger partial charge in [-0.3, -0.25) is 0 Å². The predicted molar refractivity (Wildman–Crippen MR) is 156 cm³/mol. The van der Waals surface area contributed by atoms with Gasteiger partial charge in [0, 0.05) is 38.7 Å². The Kier molecular flexibility index (Phi) is 7.57. The Balaban J connectivity index is 1.25. The summed E-state index contributed by atoms with van der Waals surface area (Å²) >= 11 is 0. The van der Waals surface area contributed by atoms with Gasteiger partial charge in [0.2, 0.25) is 0 Å². The van der Waals surface area contributed by atoms with Crippen LogP contribution in [0.1, 0.15) is 45.9 Å². The first kappa shape index (κ1) is 29.0. The molecule has 1 aliphatic carbocycles. The van der Waals surface area contributed by atoms with Crippen LogP contribution in [-0.2, 0) is 9.47 Å². The summed E-state index contributed by atoms with van der Waals surface area (Å²) < 4.78 is 51.1. The number of hydrogen-bond donors (Lipinski definition) is 0. The summed E-state index contributed by atoms with van der Waals surface area (Å²) in [6.45, 7) is 8.25. The number of ether oxygens (including phenoxy) is 3. The number of hydrogen-bond acceptors (Lipinski definition) is 9. The number of aromatic nitrogens is 3. The first-order valence-corrected chi connectivity index (χ1v) is 14.4. The van der Waals surface area contributed by atoms with Crippen LogP contribution in [0.5, 0.6) is 5.75 Å². The molecule has 10 nitrogen and oxygen atoms in total. The van der Waals surface area contributed by atoms with Crippen LogP contribution in [0.15, 0.2) is 34.7 Å². The van der Waals surface area contributed by atoms with E-state index in [1.165, 1.54) is 7.11 Å². The zero-order valence-corrected chi connectivity index (χ0v) is 24.9. The molecule has 4 aromatic rings. The van der Waals surface area contributed by atoms with Gasteiger partial charge in [-0.15, -0.1) is 0 Å². The zero-order chi connectivity index (χ0) is 30.5. The largest absolute Gasteiger partial charge is 0.464 e. The van der Waals surface area contributed by atoms with E-state index in [1.807, 2.05) is 39.0 Å². The molecule has 0 spiro atoms. The number of alkyl halides is 1. The van der Waals surface area contributed by atoms with Gasteiger partial charge in [-0.25, -0.2) is 28.5 Å². The van der Waals surface area contributed by atoms with Crippen LogP contribution in [0.25, 0.3) is 33.4 Å². The van der Waals surface area contributed by atoms with Gasteiger partial charge in [0.1, 0.15) is 23.1 Å². The molecule has 0 radical (unpaired) electrons. The number of amides is 1. The number of pyridine rings is 2. The molecule has 1 aromatic carbocycles. The third-order valence-electron chi connectivity index (χ3n) is 7.75. The molecule has 2 fully saturated rings. The molecule has 1 saturated heterocycles. The second-order valence-electron chi connectivity index (χ2n) is 12.1. The Labute approximate surface area is 247 Å². The molecular formula is C31H35F2N5O5. The number of rotatable bonds is 7. The van der Waals surface area contributed by atoms with Gasteiger partial charge in [-0.2, -0.15) is 0 Å². The van der Waals surface area contributed by atoms with E-state index in [2.05, 4.69) is 9.88 Å². The molecule has 4 heterocycles. The lowest BCUT2D eigenvalue weighted by molar-refractivity contribution is -0.0178. The average molecular weight is 596 g/mol. The lowest BCUT2D eigenvalue weighted by Gasteiger charge is -2.43. The van der Waals surface area contributed by atoms with E-state index >= 15 is 4.39 Å². The van der Waals surface area contributed by atoms with Crippen molar-refractivity contribution in [2.24, 2.45) is 0 Å². The lowest BCUT2D eigenvalue weighted by atomic mass is 9.88. The molecule has 0 bridgehead atoms. The molecule has 0 N–H and O–H groups in total. The summed E-state index contributed by atoms with van der Waals surface area (Å²) in [5.74, 6) is 0.413. The number of carbonyl (C=O) groups excluding carboxylic acids is 1. The predicted octanol–water partition coefficient (Wildman–Crippen LogP) is 6.18. The highest BCUT2D eigenvalue weighted by molar-refractivity contribution is 5.87. The first-order valence-electron chi connectivity index (χ1n) is 14.4. The maximum absolute atomic E-state index is 15.4. The molecular weight excluding hydrogens is 560 g/mol. The number of aryl methyl sites for hydroxylation is 1. The normalized spacial score (nSPS) is 20.4. The van der Waals surface area contributed by atoms with Crippen LogP contribution in [0, 0.1) is 12.7 Å². The van der Waals surface area contributed by atoms with Crippen molar-refractivity contribution in [1.29, 1.82) is 0 Å². The molecule has 43 heavy (non-hydrogen) atoms. The number of carbonyl (C=O) groups is 1. The maximum Gasteiger partial charge on any atom is 0.410 e. The third kappa shape index (κ3) is 5.80. The van der Waals surface area contributed by atoms with Crippen LogP contribution in [0.3, 0.4) is 0 Å². The van der Waals surface area contributed by atoms with Gasteiger partial charge in [0.05, 0.1) is 22.8 Å². The van der Waals surface area contributed by atoms with Gasteiger partial charge in [-0.05, 0) is 70.4 Å². The number of nitrogens with zero attached hydrogens (tertiary/aromatic N) is 5. The molecule has 1 aliphatic heterocycles. The van der Waals surface area contributed by atoms with Gasteiger partial charge in [0.15, 0.2) is 29.8 Å². The van der Waals surface area contributed by atoms with Crippen molar-refractivity contribution in [2.45, 2.75) is 70.8 Å². The minimum absolute atomic E-state index is 0.0257. The van der Waals surface area contributed by atoms with Crippen LogP contribution in [-0.4, -0.2) is 76.8 Å². The van der Waals surface area contributed by atoms with Gasteiger partial charge in [-0.1, -0.05) is 0 Å².